The first-order valence-electron chi connectivity index (χ1n) is 8.05. The Hall–Kier alpha value is -1.34. The number of rotatable bonds is 3. The van der Waals surface area contributed by atoms with Crippen LogP contribution < -0.4 is 5.73 Å². The van der Waals surface area contributed by atoms with Crippen LogP contribution in [0.4, 0.5) is 0 Å². The van der Waals surface area contributed by atoms with Crippen molar-refractivity contribution in [2.75, 3.05) is 6.54 Å². The second-order valence-corrected chi connectivity index (χ2v) is 6.24. The number of nitrogens with two attached hydrogens (primary N) is 1. The summed E-state index contributed by atoms with van der Waals surface area (Å²) < 4.78 is 0. The summed E-state index contributed by atoms with van der Waals surface area (Å²) in [6.07, 6.45) is 8.02. The second-order valence-electron chi connectivity index (χ2n) is 6.24. The van der Waals surface area contributed by atoms with Crippen LogP contribution >= 0.6 is 0 Å². The van der Waals surface area contributed by atoms with Crippen molar-refractivity contribution in [1.82, 2.24) is 0 Å². The zero-order valence-electron chi connectivity index (χ0n) is 12.2. The maximum Gasteiger partial charge on any atom is -0.00461 e. The predicted octanol–water partition coefficient (Wildman–Crippen LogP) is 4.54. The summed E-state index contributed by atoms with van der Waals surface area (Å²) in [7, 11) is 0. The Kier molecular flexibility index (Phi) is 4.37. The third kappa shape index (κ3) is 2.88. The van der Waals surface area contributed by atoms with Crippen molar-refractivity contribution in [3.63, 3.8) is 0 Å². The molecule has 1 saturated carbocycles. The van der Waals surface area contributed by atoms with Crippen molar-refractivity contribution >= 4 is 10.8 Å². The Balaban J connectivity index is 1.87. The summed E-state index contributed by atoms with van der Waals surface area (Å²) in [5.41, 5.74) is 7.54. The molecule has 1 aliphatic rings. The average Bonchev–Trinajstić information content (AvgIpc) is 2.72. The van der Waals surface area contributed by atoms with Crippen LogP contribution in [0.2, 0.25) is 0 Å². The van der Waals surface area contributed by atoms with E-state index in [0.717, 1.165) is 18.4 Å². The highest BCUT2D eigenvalue weighted by atomic mass is 14.6. The molecule has 2 atom stereocenters. The van der Waals surface area contributed by atoms with E-state index in [1.165, 1.54) is 54.9 Å². The molecule has 0 heterocycles. The fraction of sp³-hybridized carbons (Fsp3) is 0.474. The molecule has 1 heteroatoms. The summed E-state index contributed by atoms with van der Waals surface area (Å²) in [6, 6.07) is 15.5. The van der Waals surface area contributed by atoms with Gasteiger partial charge in [0.1, 0.15) is 0 Å². The minimum Gasteiger partial charge on any atom is -0.330 e. The highest BCUT2D eigenvalue weighted by molar-refractivity contribution is 5.85. The van der Waals surface area contributed by atoms with E-state index in [0.29, 0.717) is 0 Å². The summed E-state index contributed by atoms with van der Waals surface area (Å²) in [5.74, 6) is 1.49. The van der Waals surface area contributed by atoms with Crippen molar-refractivity contribution in [3.8, 4) is 0 Å². The highest BCUT2D eigenvalue weighted by Gasteiger charge is 2.23. The molecular weight excluding hydrogens is 242 g/mol. The normalized spacial score (nSPS) is 23.6. The molecular formula is C19H25N. The second kappa shape index (κ2) is 6.41. The smallest absolute Gasteiger partial charge is 0.00461 e. The molecule has 20 heavy (non-hydrogen) atoms. The molecule has 106 valence electrons. The average molecular weight is 267 g/mol. The summed E-state index contributed by atoms with van der Waals surface area (Å²) >= 11 is 0. The van der Waals surface area contributed by atoms with E-state index in [2.05, 4.69) is 42.5 Å². The minimum absolute atomic E-state index is 0.719. The zero-order valence-corrected chi connectivity index (χ0v) is 12.2. The van der Waals surface area contributed by atoms with Crippen LogP contribution in [0.3, 0.4) is 0 Å². The van der Waals surface area contributed by atoms with Crippen molar-refractivity contribution < 1.29 is 0 Å². The Bertz CT molecular complexity index is 555. The van der Waals surface area contributed by atoms with Crippen molar-refractivity contribution in [1.29, 1.82) is 0 Å². The first-order valence-corrected chi connectivity index (χ1v) is 8.05. The topological polar surface area (TPSA) is 26.0 Å². The molecule has 0 amide bonds. The van der Waals surface area contributed by atoms with Crippen LogP contribution in [0, 0.1) is 11.8 Å². The molecule has 0 aliphatic heterocycles. The van der Waals surface area contributed by atoms with Crippen LogP contribution in [0.5, 0.6) is 0 Å². The van der Waals surface area contributed by atoms with Gasteiger partial charge in [0, 0.05) is 0 Å². The Morgan fingerprint density at radius 3 is 2.45 bits per heavy atom. The maximum absolute atomic E-state index is 6.03. The van der Waals surface area contributed by atoms with Gasteiger partial charge in [-0.05, 0) is 54.0 Å². The third-order valence-corrected chi connectivity index (χ3v) is 4.98. The lowest BCUT2D eigenvalue weighted by Crippen LogP contribution is -2.24. The van der Waals surface area contributed by atoms with Crippen molar-refractivity contribution in [3.05, 3.63) is 48.0 Å². The van der Waals surface area contributed by atoms with Crippen LogP contribution in [0.15, 0.2) is 42.5 Å². The SMILES string of the molecule is NCC1CCCCCC1Cc1cccc2ccccc12. The molecule has 2 unspecified atom stereocenters. The Morgan fingerprint density at radius 2 is 1.60 bits per heavy atom. The molecule has 0 aromatic heterocycles. The van der Waals surface area contributed by atoms with E-state index < -0.39 is 0 Å². The van der Waals surface area contributed by atoms with Gasteiger partial charge in [0.05, 0.1) is 0 Å². The number of benzene rings is 2. The van der Waals surface area contributed by atoms with Crippen LogP contribution in [0.25, 0.3) is 10.8 Å². The molecule has 2 N–H and O–H groups in total. The van der Waals surface area contributed by atoms with Crippen LogP contribution in [-0.4, -0.2) is 6.54 Å². The van der Waals surface area contributed by atoms with E-state index in [1.807, 2.05) is 0 Å². The summed E-state index contributed by atoms with van der Waals surface area (Å²) in [6.45, 7) is 0.857. The zero-order chi connectivity index (χ0) is 13.8. The monoisotopic (exact) mass is 267 g/mol. The number of fused-ring (bicyclic) bond motifs is 1. The predicted molar refractivity (Wildman–Crippen MR) is 86.8 cm³/mol. The number of hydrogen-bond acceptors (Lipinski definition) is 1. The quantitative estimate of drug-likeness (QED) is 0.812. The lowest BCUT2D eigenvalue weighted by Gasteiger charge is -2.24. The molecule has 2 aromatic carbocycles. The third-order valence-electron chi connectivity index (χ3n) is 4.98. The van der Waals surface area contributed by atoms with Crippen LogP contribution in [-0.2, 0) is 6.42 Å². The van der Waals surface area contributed by atoms with Crippen molar-refractivity contribution in [2.45, 2.75) is 38.5 Å². The molecule has 1 fully saturated rings. The van der Waals surface area contributed by atoms with Gasteiger partial charge >= 0.3 is 0 Å². The summed E-state index contributed by atoms with van der Waals surface area (Å²) in [5, 5.41) is 2.79. The van der Waals surface area contributed by atoms with E-state index in [1.54, 1.807) is 0 Å². The van der Waals surface area contributed by atoms with Gasteiger partial charge in [0.25, 0.3) is 0 Å². The highest BCUT2D eigenvalue weighted by Crippen LogP contribution is 2.32. The molecule has 0 bridgehead atoms. The molecule has 2 aromatic rings. The first kappa shape index (κ1) is 13.6. The molecule has 0 spiro atoms. The van der Waals surface area contributed by atoms with Crippen LogP contribution in [0.1, 0.15) is 37.7 Å². The fourth-order valence-corrected chi connectivity index (χ4v) is 3.79. The van der Waals surface area contributed by atoms with E-state index >= 15 is 0 Å². The van der Waals surface area contributed by atoms with E-state index in [9.17, 15) is 0 Å². The standard InChI is InChI=1S/C19H25N/c20-14-18-9-3-1-2-8-16(18)13-17-11-6-10-15-7-4-5-12-19(15)17/h4-7,10-12,16,18H,1-3,8-9,13-14,20H2. The molecule has 0 saturated heterocycles. The number of hydrogen-bond donors (Lipinski definition) is 1. The maximum atomic E-state index is 6.03. The van der Waals surface area contributed by atoms with Gasteiger partial charge < -0.3 is 5.73 Å². The van der Waals surface area contributed by atoms with Gasteiger partial charge in [-0.1, -0.05) is 61.7 Å². The van der Waals surface area contributed by atoms with Gasteiger partial charge in [0.15, 0.2) is 0 Å². The van der Waals surface area contributed by atoms with Gasteiger partial charge in [-0.15, -0.1) is 0 Å². The molecule has 1 nitrogen and oxygen atoms in total. The first-order chi connectivity index (χ1) is 9.88. The molecule has 0 radical (unpaired) electrons. The largest absolute Gasteiger partial charge is 0.330 e. The van der Waals surface area contributed by atoms with Gasteiger partial charge in [0.2, 0.25) is 0 Å². The lowest BCUT2D eigenvalue weighted by molar-refractivity contribution is 0.319. The van der Waals surface area contributed by atoms with Gasteiger partial charge in [-0.2, -0.15) is 0 Å². The Labute approximate surface area is 122 Å². The lowest BCUT2D eigenvalue weighted by atomic mass is 9.82. The Morgan fingerprint density at radius 1 is 0.850 bits per heavy atom. The molecule has 3 rings (SSSR count). The van der Waals surface area contributed by atoms with Crippen molar-refractivity contribution in [2.24, 2.45) is 17.6 Å². The van der Waals surface area contributed by atoms with Gasteiger partial charge in [-0.3, -0.25) is 0 Å². The van der Waals surface area contributed by atoms with E-state index in [4.69, 9.17) is 5.73 Å². The fourth-order valence-electron chi connectivity index (χ4n) is 3.79. The van der Waals surface area contributed by atoms with E-state index in [-0.39, 0.29) is 0 Å². The van der Waals surface area contributed by atoms with Gasteiger partial charge in [-0.25, -0.2) is 0 Å². The molecule has 1 aliphatic carbocycles. The summed E-state index contributed by atoms with van der Waals surface area (Å²) in [4.78, 5) is 0. The minimum atomic E-state index is 0.719.